The highest BCUT2D eigenvalue weighted by Crippen LogP contribution is 2.40. The smallest absolute Gasteiger partial charge is 0.147 e. The largest absolute Gasteiger partial charge is 0.302 e. The van der Waals surface area contributed by atoms with Gasteiger partial charge in [-0.15, -0.1) is 0 Å². The lowest BCUT2D eigenvalue weighted by atomic mass is 9.97. The van der Waals surface area contributed by atoms with Crippen molar-refractivity contribution in [1.29, 1.82) is 0 Å². The number of halogens is 4. The maximum absolute atomic E-state index is 15.0. The van der Waals surface area contributed by atoms with E-state index >= 15 is 0 Å². The molecule has 3 aromatic rings. The van der Waals surface area contributed by atoms with E-state index in [1.807, 2.05) is 42.8 Å². The van der Waals surface area contributed by atoms with Crippen LogP contribution in [0.3, 0.4) is 0 Å². The van der Waals surface area contributed by atoms with E-state index in [1.54, 1.807) is 28.6 Å². The lowest BCUT2D eigenvalue weighted by molar-refractivity contribution is 0.520. The van der Waals surface area contributed by atoms with Crippen LogP contribution in [0.5, 0.6) is 0 Å². The highest BCUT2D eigenvalue weighted by Gasteiger charge is 2.24. The fourth-order valence-corrected chi connectivity index (χ4v) is 7.50. The maximum atomic E-state index is 15.0. The molecule has 3 aromatic carbocycles. The minimum absolute atomic E-state index is 0.138. The average molecular weight is 583 g/mol. The molecule has 1 unspecified atom stereocenters. The minimum atomic E-state index is -0.522. The first-order chi connectivity index (χ1) is 17.9. The van der Waals surface area contributed by atoms with Crippen molar-refractivity contribution in [3.05, 3.63) is 94.3 Å². The molecule has 0 spiro atoms. The molecule has 37 heavy (non-hydrogen) atoms. The summed E-state index contributed by atoms with van der Waals surface area (Å²) < 4.78 is 47.6. The number of benzene rings is 3. The third kappa shape index (κ3) is 8.27. The van der Waals surface area contributed by atoms with Gasteiger partial charge in [-0.2, -0.15) is 11.8 Å². The summed E-state index contributed by atoms with van der Waals surface area (Å²) in [5, 5.41) is 0.596. The van der Waals surface area contributed by atoms with Gasteiger partial charge in [0, 0.05) is 46.3 Å². The van der Waals surface area contributed by atoms with E-state index < -0.39 is 11.6 Å². The molecule has 0 amide bonds. The van der Waals surface area contributed by atoms with Crippen LogP contribution in [-0.4, -0.2) is 34.7 Å². The minimum Gasteiger partial charge on any atom is -0.302 e. The highest BCUT2D eigenvalue weighted by molar-refractivity contribution is 8.00. The van der Waals surface area contributed by atoms with Gasteiger partial charge in [0.05, 0.1) is 11.7 Å². The molecule has 198 valence electrons. The Morgan fingerprint density at radius 2 is 1.65 bits per heavy atom. The Morgan fingerprint density at radius 3 is 2.41 bits per heavy atom. The summed E-state index contributed by atoms with van der Waals surface area (Å²) in [6.45, 7) is 4.19. The van der Waals surface area contributed by atoms with Crippen molar-refractivity contribution >= 4 is 52.9 Å². The molecule has 1 fully saturated rings. The molecule has 1 atom stereocenters. The predicted octanol–water partition coefficient (Wildman–Crippen LogP) is 9.05. The first-order valence-electron chi connectivity index (χ1n) is 12.3. The number of nitrogens with zero attached hydrogens (tertiary/aromatic N) is 2. The maximum Gasteiger partial charge on any atom is 0.147 e. The second kappa shape index (κ2) is 14.1. The van der Waals surface area contributed by atoms with Crippen LogP contribution in [0.15, 0.2) is 65.6 Å². The summed E-state index contributed by atoms with van der Waals surface area (Å²) in [6.07, 6.45) is 2.68. The quantitative estimate of drug-likeness (QED) is 0.164. The van der Waals surface area contributed by atoms with E-state index in [4.69, 9.17) is 11.6 Å². The Balaban J connectivity index is 1.52. The average Bonchev–Trinajstić information content (AvgIpc) is 2.90. The number of thioether (sulfide) groups is 1. The van der Waals surface area contributed by atoms with Gasteiger partial charge in [0.1, 0.15) is 17.5 Å². The summed E-state index contributed by atoms with van der Waals surface area (Å²) in [4.78, 5) is 0.830. The lowest BCUT2D eigenvalue weighted by Gasteiger charge is -2.32. The van der Waals surface area contributed by atoms with Crippen LogP contribution < -0.4 is 4.31 Å². The van der Waals surface area contributed by atoms with Gasteiger partial charge in [-0.1, -0.05) is 29.6 Å². The molecule has 2 nitrogen and oxygen atoms in total. The third-order valence-electron chi connectivity index (χ3n) is 6.15. The van der Waals surface area contributed by atoms with Crippen LogP contribution in [-0.2, 0) is 6.42 Å². The van der Waals surface area contributed by atoms with Gasteiger partial charge in [-0.05, 0) is 97.8 Å². The van der Waals surface area contributed by atoms with E-state index in [0.29, 0.717) is 5.02 Å². The number of unbranched alkanes of at least 4 members (excludes halogenated alkanes) is 1. The van der Waals surface area contributed by atoms with Gasteiger partial charge in [0.25, 0.3) is 0 Å². The van der Waals surface area contributed by atoms with Crippen LogP contribution in [0.25, 0.3) is 0 Å². The molecule has 0 N–H and O–H groups in total. The number of hydrogen-bond donors (Lipinski definition) is 0. The standard InChI is InChI=1S/C28H30ClF3N2S3/c1-20(34(28-19-24(31)8-12-27(28)32)37-25-9-5-22(29)6-10-25)26-11-7-23(30)18-21(26)4-2-3-15-36-33-13-16-35-17-14-33/h5-12,18-20H,2-4,13-17H2,1H3. The monoisotopic (exact) mass is 582 g/mol. The molecule has 0 saturated carbocycles. The Kier molecular flexibility index (Phi) is 10.9. The molecule has 0 bridgehead atoms. The molecule has 0 aliphatic carbocycles. The van der Waals surface area contributed by atoms with Crippen LogP contribution in [0.4, 0.5) is 18.9 Å². The molecular formula is C28H30ClF3N2S3. The lowest BCUT2D eigenvalue weighted by Crippen LogP contribution is -2.26. The number of rotatable bonds is 11. The molecule has 0 radical (unpaired) electrons. The van der Waals surface area contributed by atoms with Crippen LogP contribution in [0, 0.1) is 17.5 Å². The summed E-state index contributed by atoms with van der Waals surface area (Å²) in [7, 11) is 0. The van der Waals surface area contributed by atoms with E-state index in [1.165, 1.54) is 35.6 Å². The zero-order chi connectivity index (χ0) is 26.2. The Bertz CT molecular complexity index is 1160. The first-order valence-corrected chi connectivity index (χ1v) is 15.6. The van der Waals surface area contributed by atoms with Crippen molar-refractivity contribution in [2.45, 2.75) is 37.1 Å². The molecule has 1 saturated heterocycles. The van der Waals surface area contributed by atoms with Crippen molar-refractivity contribution < 1.29 is 13.2 Å². The van der Waals surface area contributed by atoms with Gasteiger partial charge >= 0.3 is 0 Å². The highest BCUT2D eigenvalue weighted by atomic mass is 35.5. The molecule has 0 aromatic heterocycles. The normalized spacial score (nSPS) is 15.1. The molecule has 1 aliphatic rings. The van der Waals surface area contributed by atoms with Crippen LogP contribution >= 0.6 is 47.3 Å². The van der Waals surface area contributed by atoms with Crippen molar-refractivity contribution in [3.63, 3.8) is 0 Å². The molecule has 1 heterocycles. The fraction of sp³-hybridized carbons (Fsp3) is 0.357. The van der Waals surface area contributed by atoms with Crippen molar-refractivity contribution in [1.82, 2.24) is 4.31 Å². The van der Waals surface area contributed by atoms with Gasteiger partial charge < -0.3 is 4.31 Å². The van der Waals surface area contributed by atoms with Gasteiger partial charge in [0.2, 0.25) is 0 Å². The SMILES string of the molecule is CC(c1ccc(F)cc1CCCCSN1CCSCC1)N(Sc1ccc(Cl)cc1)c1cc(F)ccc1F. The van der Waals surface area contributed by atoms with Crippen LogP contribution in [0.2, 0.25) is 5.02 Å². The van der Waals surface area contributed by atoms with E-state index in [2.05, 4.69) is 4.31 Å². The van der Waals surface area contributed by atoms with Crippen LogP contribution in [0.1, 0.15) is 36.9 Å². The van der Waals surface area contributed by atoms with E-state index in [0.717, 1.165) is 66.3 Å². The predicted molar refractivity (Wildman–Crippen MR) is 155 cm³/mol. The fourth-order valence-electron chi connectivity index (χ4n) is 4.21. The molecular weight excluding hydrogens is 553 g/mol. The van der Waals surface area contributed by atoms with Gasteiger partial charge in [0.15, 0.2) is 0 Å². The van der Waals surface area contributed by atoms with Gasteiger partial charge in [-0.3, -0.25) is 0 Å². The van der Waals surface area contributed by atoms with Gasteiger partial charge in [-0.25, -0.2) is 17.5 Å². The van der Waals surface area contributed by atoms with Crippen molar-refractivity contribution in [2.24, 2.45) is 0 Å². The first kappa shape index (κ1) is 28.6. The summed E-state index contributed by atoms with van der Waals surface area (Å²) in [5.41, 5.74) is 1.93. The zero-order valence-electron chi connectivity index (χ0n) is 20.6. The van der Waals surface area contributed by atoms with E-state index in [9.17, 15) is 13.2 Å². The number of aryl methyl sites for hydroxylation is 1. The molecule has 9 heteroatoms. The molecule has 1 aliphatic heterocycles. The molecule has 4 rings (SSSR count). The summed E-state index contributed by atoms with van der Waals surface area (Å²) in [5.74, 6) is 2.08. The van der Waals surface area contributed by atoms with Crippen molar-refractivity contribution in [3.8, 4) is 0 Å². The summed E-state index contributed by atoms with van der Waals surface area (Å²) >= 11 is 11.3. The third-order valence-corrected chi connectivity index (χ3v) is 9.74. The Hall–Kier alpha value is -1.45. The zero-order valence-corrected chi connectivity index (χ0v) is 23.8. The van der Waals surface area contributed by atoms with Crippen molar-refractivity contribution in [2.75, 3.05) is 34.7 Å². The Labute approximate surface area is 235 Å². The second-order valence-electron chi connectivity index (χ2n) is 8.82. The topological polar surface area (TPSA) is 6.48 Å². The number of hydrogen-bond acceptors (Lipinski definition) is 5. The van der Waals surface area contributed by atoms with E-state index in [-0.39, 0.29) is 17.5 Å². The number of anilines is 1. The summed E-state index contributed by atoms with van der Waals surface area (Å²) in [6, 6.07) is 15.1. The Morgan fingerprint density at radius 1 is 0.946 bits per heavy atom. The second-order valence-corrected chi connectivity index (χ2v) is 12.7.